The Kier molecular flexibility index (Phi) is 7.33. The molecule has 5 heteroatoms. The second-order valence-corrected chi connectivity index (χ2v) is 6.09. The van der Waals surface area contributed by atoms with Gasteiger partial charge in [0.25, 0.3) is 0 Å². The van der Waals surface area contributed by atoms with Crippen LogP contribution in [0.4, 0.5) is 4.39 Å². The molecule has 26 heavy (non-hydrogen) atoms. The molecule has 2 aromatic carbocycles. The van der Waals surface area contributed by atoms with Crippen LogP contribution in [0, 0.1) is 5.82 Å². The Morgan fingerprint density at radius 3 is 2.31 bits per heavy atom. The molecule has 2 rings (SSSR count). The molecule has 0 aliphatic rings. The van der Waals surface area contributed by atoms with E-state index in [0.717, 1.165) is 5.56 Å². The average Bonchev–Trinajstić information content (AvgIpc) is 2.64. The van der Waals surface area contributed by atoms with Gasteiger partial charge in [0, 0.05) is 13.1 Å². The van der Waals surface area contributed by atoms with E-state index in [-0.39, 0.29) is 18.2 Å². The monoisotopic (exact) mass is 356 g/mol. The van der Waals surface area contributed by atoms with E-state index < -0.39 is 11.9 Å². The van der Waals surface area contributed by atoms with E-state index >= 15 is 0 Å². The number of benzene rings is 2. The SMILES string of the molecule is CCNC(=O)[C@H](CC)N(Cc1ccccc1)C(=O)Cc1ccccc1F. The Morgan fingerprint density at radius 1 is 1.04 bits per heavy atom. The van der Waals surface area contributed by atoms with Crippen LogP contribution in [-0.2, 0) is 22.6 Å². The van der Waals surface area contributed by atoms with Crippen molar-refractivity contribution in [1.82, 2.24) is 10.2 Å². The largest absolute Gasteiger partial charge is 0.355 e. The molecule has 0 saturated heterocycles. The maximum atomic E-state index is 14.0. The van der Waals surface area contributed by atoms with E-state index in [4.69, 9.17) is 0 Å². The molecule has 0 fully saturated rings. The fraction of sp³-hybridized carbons (Fsp3) is 0.333. The van der Waals surface area contributed by atoms with Gasteiger partial charge in [-0.05, 0) is 30.5 Å². The molecule has 0 radical (unpaired) electrons. The van der Waals surface area contributed by atoms with Crippen molar-refractivity contribution in [2.24, 2.45) is 0 Å². The van der Waals surface area contributed by atoms with Gasteiger partial charge in [0.2, 0.25) is 11.8 Å². The predicted octanol–water partition coefficient (Wildman–Crippen LogP) is 3.31. The van der Waals surface area contributed by atoms with Gasteiger partial charge in [-0.3, -0.25) is 9.59 Å². The number of hydrogen-bond acceptors (Lipinski definition) is 2. The smallest absolute Gasteiger partial charge is 0.242 e. The van der Waals surface area contributed by atoms with Crippen molar-refractivity contribution < 1.29 is 14.0 Å². The van der Waals surface area contributed by atoms with Crippen molar-refractivity contribution >= 4 is 11.8 Å². The molecule has 0 saturated carbocycles. The van der Waals surface area contributed by atoms with Gasteiger partial charge in [-0.2, -0.15) is 0 Å². The maximum absolute atomic E-state index is 14.0. The van der Waals surface area contributed by atoms with Crippen LogP contribution in [0.25, 0.3) is 0 Å². The second-order valence-electron chi connectivity index (χ2n) is 6.09. The molecule has 2 amide bonds. The number of carbonyl (C=O) groups excluding carboxylic acids is 2. The molecule has 0 aliphatic heterocycles. The molecule has 0 unspecified atom stereocenters. The maximum Gasteiger partial charge on any atom is 0.242 e. The molecule has 0 bridgehead atoms. The Bertz CT molecular complexity index is 734. The first-order valence-electron chi connectivity index (χ1n) is 8.91. The molecular formula is C21H25FN2O2. The third-order valence-electron chi connectivity index (χ3n) is 4.23. The molecule has 138 valence electrons. The summed E-state index contributed by atoms with van der Waals surface area (Å²) in [7, 11) is 0. The lowest BCUT2D eigenvalue weighted by molar-refractivity contribution is -0.140. The topological polar surface area (TPSA) is 49.4 Å². The molecular weight excluding hydrogens is 331 g/mol. The number of nitrogens with zero attached hydrogens (tertiary/aromatic N) is 1. The van der Waals surface area contributed by atoms with E-state index in [1.165, 1.54) is 6.07 Å². The summed E-state index contributed by atoms with van der Waals surface area (Å²) in [6, 6.07) is 15.1. The van der Waals surface area contributed by atoms with Gasteiger partial charge in [0.05, 0.1) is 6.42 Å². The van der Waals surface area contributed by atoms with E-state index in [9.17, 15) is 14.0 Å². The molecule has 0 heterocycles. The van der Waals surface area contributed by atoms with Crippen molar-refractivity contribution in [3.63, 3.8) is 0 Å². The zero-order valence-electron chi connectivity index (χ0n) is 15.2. The van der Waals surface area contributed by atoms with E-state index in [1.54, 1.807) is 23.1 Å². The highest BCUT2D eigenvalue weighted by atomic mass is 19.1. The van der Waals surface area contributed by atoms with Gasteiger partial charge in [0.1, 0.15) is 11.9 Å². The van der Waals surface area contributed by atoms with Gasteiger partial charge in [-0.15, -0.1) is 0 Å². The lowest BCUT2D eigenvalue weighted by Gasteiger charge is -2.30. The number of likely N-dealkylation sites (N-methyl/N-ethyl adjacent to an activating group) is 1. The van der Waals surface area contributed by atoms with Crippen molar-refractivity contribution in [3.8, 4) is 0 Å². The van der Waals surface area contributed by atoms with Crippen LogP contribution in [0.3, 0.4) is 0 Å². The van der Waals surface area contributed by atoms with Crippen molar-refractivity contribution in [1.29, 1.82) is 0 Å². The summed E-state index contributed by atoms with van der Waals surface area (Å²) in [5.74, 6) is -0.864. The van der Waals surface area contributed by atoms with Crippen LogP contribution in [0.15, 0.2) is 54.6 Å². The molecule has 1 atom stereocenters. The third-order valence-corrected chi connectivity index (χ3v) is 4.23. The first-order valence-corrected chi connectivity index (χ1v) is 8.91. The van der Waals surface area contributed by atoms with Crippen LogP contribution in [0.2, 0.25) is 0 Å². The van der Waals surface area contributed by atoms with Crippen molar-refractivity contribution in [3.05, 3.63) is 71.5 Å². The standard InChI is InChI=1S/C21H25FN2O2/c1-3-19(21(26)23-4-2)24(15-16-10-6-5-7-11-16)20(25)14-17-12-8-9-13-18(17)22/h5-13,19H,3-4,14-15H2,1-2H3,(H,23,26)/t19-/m0/s1. The lowest BCUT2D eigenvalue weighted by atomic mass is 10.1. The van der Waals surface area contributed by atoms with Crippen LogP contribution < -0.4 is 5.32 Å². The summed E-state index contributed by atoms with van der Waals surface area (Å²) in [6.45, 7) is 4.52. The number of amides is 2. The normalized spacial score (nSPS) is 11.7. The van der Waals surface area contributed by atoms with Crippen LogP contribution in [0.5, 0.6) is 0 Å². The van der Waals surface area contributed by atoms with Crippen LogP contribution >= 0.6 is 0 Å². The number of halogens is 1. The summed E-state index contributed by atoms with van der Waals surface area (Å²) in [5, 5.41) is 2.79. The quantitative estimate of drug-likeness (QED) is 0.789. The first kappa shape index (κ1) is 19.6. The predicted molar refractivity (Wildman–Crippen MR) is 99.9 cm³/mol. The number of carbonyl (C=O) groups is 2. The van der Waals surface area contributed by atoms with Gasteiger partial charge in [0.15, 0.2) is 0 Å². The highest BCUT2D eigenvalue weighted by Crippen LogP contribution is 2.16. The average molecular weight is 356 g/mol. The Labute approximate surface area is 154 Å². The van der Waals surface area contributed by atoms with Gasteiger partial charge in [-0.1, -0.05) is 55.5 Å². The number of hydrogen-bond donors (Lipinski definition) is 1. The summed E-state index contributed by atoms with van der Waals surface area (Å²) >= 11 is 0. The summed E-state index contributed by atoms with van der Waals surface area (Å²) in [4.78, 5) is 27.0. The van der Waals surface area contributed by atoms with Gasteiger partial charge < -0.3 is 10.2 Å². The van der Waals surface area contributed by atoms with E-state index in [0.29, 0.717) is 25.1 Å². The highest BCUT2D eigenvalue weighted by Gasteiger charge is 2.28. The zero-order valence-corrected chi connectivity index (χ0v) is 15.2. The minimum atomic E-state index is -0.588. The Morgan fingerprint density at radius 2 is 1.69 bits per heavy atom. The van der Waals surface area contributed by atoms with Crippen molar-refractivity contribution in [2.45, 2.75) is 39.3 Å². The summed E-state index contributed by atoms with van der Waals surface area (Å²) in [6.07, 6.45) is 0.414. The Hall–Kier alpha value is -2.69. The van der Waals surface area contributed by atoms with Crippen LogP contribution in [-0.4, -0.2) is 29.3 Å². The first-order chi connectivity index (χ1) is 12.6. The molecule has 1 N–H and O–H groups in total. The summed E-state index contributed by atoms with van der Waals surface area (Å²) in [5.41, 5.74) is 1.26. The molecule has 4 nitrogen and oxygen atoms in total. The fourth-order valence-electron chi connectivity index (χ4n) is 2.90. The van der Waals surface area contributed by atoms with Gasteiger partial charge >= 0.3 is 0 Å². The van der Waals surface area contributed by atoms with Gasteiger partial charge in [-0.25, -0.2) is 4.39 Å². The Balaban J connectivity index is 2.27. The molecule has 0 aromatic heterocycles. The molecule has 0 aliphatic carbocycles. The minimum absolute atomic E-state index is 0.0740. The zero-order chi connectivity index (χ0) is 18.9. The number of nitrogens with one attached hydrogen (secondary N) is 1. The lowest BCUT2D eigenvalue weighted by Crippen LogP contribution is -2.49. The van der Waals surface area contributed by atoms with E-state index in [1.807, 2.05) is 44.2 Å². The third kappa shape index (κ3) is 5.15. The fourth-order valence-corrected chi connectivity index (χ4v) is 2.90. The minimum Gasteiger partial charge on any atom is -0.355 e. The number of rotatable bonds is 8. The van der Waals surface area contributed by atoms with Crippen LogP contribution in [0.1, 0.15) is 31.4 Å². The summed E-state index contributed by atoms with van der Waals surface area (Å²) < 4.78 is 14.0. The van der Waals surface area contributed by atoms with E-state index in [2.05, 4.69) is 5.32 Å². The molecule has 0 spiro atoms. The van der Waals surface area contributed by atoms with Crippen molar-refractivity contribution in [2.75, 3.05) is 6.54 Å². The second kappa shape index (κ2) is 9.70. The molecule has 2 aromatic rings. The highest BCUT2D eigenvalue weighted by molar-refractivity contribution is 5.88.